The van der Waals surface area contributed by atoms with Crippen molar-refractivity contribution in [2.75, 3.05) is 5.75 Å². The summed E-state index contributed by atoms with van der Waals surface area (Å²) in [5.41, 5.74) is 0. The van der Waals surface area contributed by atoms with E-state index < -0.39 is 0 Å². The molecule has 1 saturated carbocycles. The number of thioether (sulfide) groups is 1. The molecule has 11 heavy (non-hydrogen) atoms. The van der Waals surface area contributed by atoms with Gasteiger partial charge in [-0.1, -0.05) is 15.9 Å². The average Bonchev–Trinajstić information content (AvgIpc) is 2.53. The van der Waals surface area contributed by atoms with Crippen molar-refractivity contribution in [2.24, 2.45) is 0 Å². The number of nitrogens with zero attached hydrogens (tertiary/aromatic N) is 2. The van der Waals surface area contributed by atoms with E-state index in [1.807, 2.05) is 0 Å². The van der Waals surface area contributed by atoms with Crippen molar-refractivity contribution < 1.29 is 0 Å². The molecule has 1 aliphatic rings. The van der Waals surface area contributed by atoms with Crippen LogP contribution >= 0.6 is 27.7 Å². The molecule has 1 aromatic rings. The fourth-order valence-corrected chi connectivity index (χ4v) is 2.21. The van der Waals surface area contributed by atoms with Gasteiger partial charge in [-0.25, -0.2) is 0 Å². The van der Waals surface area contributed by atoms with Crippen LogP contribution in [0, 0.1) is 0 Å². The summed E-state index contributed by atoms with van der Waals surface area (Å²) in [4.78, 5) is 0. The lowest BCUT2D eigenvalue weighted by molar-refractivity contribution is 0.910. The second-order valence-electron chi connectivity index (χ2n) is 2.75. The smallest absolute Gasteiger partial charge is 0.138 e. The Morgan fingerprint density at radius 3 is 3.09 bits per heavy atom. The summed E-state index contributed by atoms with van der Waals surface area (Å²) < 4.78 is 0.413. The fraction of sp³-hybridized carbons (Fsp3) is 0.667. The molecule has 1 fully saturated rings. The standard InChI is InChI=1S/C6H8BrN3S/c7-6(1-2-6)4-11-5-3-8-10-9-5/h3H,1-2,4H2,(H,8,9,10). The van der Waals surface area contributed by atoms with E-state index in [2.05, 4.69) is 31.3 Å². The Morgan fingerprint density at radius 2 is 2.55 bits per heavy atom. The Kier molecular flexibility index (Phi) is 1.93. The first-order valence-corrected chi connectivity index (χ1v) is 5.24. The maximum absolute atomic E-state index is 3.95. The van der Waals surface area contributed by atoms with Gasteiger partial charge in [0.15, 0.2) is 0 Å². The highest BCUT2D eigenvalue weighted by Crippen LogP contribution is 2.47. The van der Waals surface area contributed by atoms with E-state index in [1.165, 1.54) is 12.8 Å². The quantitative estimate of drug-likeness (QED) is 0.640. The zero-order valence-electron chi connectivity index (χ0n) is 5.88. The molecule has 2 rings (SSSR count). The van der Waals surface area contributed by atoms with Gasteiger partial charge >= 0.3 is 0 Å². The summed E-state index contributed by atoms with van der Waals surface area (Å²) in [6, 6.07) is 0. The van der Waals surface area contributed by atoms with Crippen molar-refractivity contribution >= 4 is 27.7 Å². The number of hydrogen-bond donors (Lipinski definition) is 1. The van der Waals surface area contributed by atoms with Crippen LogP contribution < -0.4 is 0 Å². The van der Waals surface area contributed by atoms with Gasteiger partial charge in [0.1, 0.15) is 5.03 Å². The largest absolute Gasteiger partial charge is 0.197 e. The fourth-order valence-electron chi connectivity index (χ4n) is 0.744. The van der Waals surface area contributed by atoms with E-state index >= 15 is 0 Å². The van der Waals surface area contributed by atoms with Crippen LogP contribution in [-0.2, 0) is 0 Å². The zero-order chi connectivity index (χ0) is 7.73. The normalized spacial score (nSPS) is 20.1. The Morgan fingerprint density at radius 1 is 1.73 bits per heavy atom. The van der Waals surface area contributed by atoms with Gasteiger partial charge in [0.05, 0.1) is 6.20 Å². The second kappa shape index (κ2) is 2.79. The Balaban J connectivity index is 1.83. The number of aromatic amines is 1. The molecule has 3 nitrogen and oxygen atoms in total. The molecule has 5 heteroatoms. The van der Waals surface area contributed by atoms with E-state index in [0.29, 0.717) is 4.32 Å². The minimum atomic E-state index is 0.413. The minimum absolute atomic E-state index is 0.413. The maximum atomic E-state index is 3.95. The third-order valence-electron chi connectivity index (χ3n) is 1.66. The third-order valence-corrected chi connectivity index (χ3v) is 4.30. The predicted molar refractivity (Wildman–Crippen MR) is 48.0 cm³/mol. The number of rotatable bonds is 3. The van der Waals surface area contributed by atoms with E-state index in [9.17, 15) is 0 Å². The first-order valence-electron chi connectivity index (χ1n) is 3.46. The van der Waals surface area contributed by atoms with Crippen molar-refractivity contribution in [1.82, 2.24) is 15.4 Å². The van der Waals surface area contributed by atoms with Crippen LogP contribution in [0.3, 0.4) is 0 Å². The second-order valence-corrected chi connectivity index (χ2v) is 5.43. The maximum Gasteiger partial charge on any atom is 0.138 e. The minimum Gasteiger partial charge on any atom is -0.197 e. The topological polar surface area (TPSA) is 41.6 Å². The molecule has 0 radical (unpaired) electrons. The predicted octanol–water partition coefficient (Wildman–Crippen LogP) is 1.82. The van der Waals surface area contributed by atoms with E-state index in [1.54, 1.807) is 18.0 Å². The van der Waals surface area contributed by atoms with Crippen LogP contribution in [0.4, 0.5) is 0 Å². The van der Waals surface area contributed by atoms with Gasteiger partial charge < -0.3 is 0 Å². The number of halogens is 1. The highest BCUT2D eigenvalue weighted by molar-refractivity contribution is 9.10. The highest BCUT2D eigenvalue weighted by Gasteiger charge is 2.39. The van der Waals surface area contributed by atoms with Gasteiger partial charge in [0.2, 0.25) is 0 Å². The number of H-pyrrole nitrogens is 1. The summed E-state index contributed by atoms with van der Waals surface area (Å²) >= 11 is 5.40. The van der Waals surface area contributed by atoms with Crippen LogP contribution in [0.15, 0.2) is 11.2 Å². The zero-order valence-corrected chi connectivity index (χ0v) is 8.28. The third kappa shape index (κ3) is 1.96. The van der Waals surface area contributed by atoms with Crippen molar-refractivity contribution in [1.29, 1.82) is 0 Å². The SMILES string of the molecule is BrC1(CSc2cn[nH]n2)CC1. The molecular formula is C6H8BrN3S. The Hall–Kier alpha value is -0.0300. The van der Waals surface area contributed by atoms with Crippen molar-refractivity contribution in [2.45, 2.75) is 22.2 Å². The van der Waals surface area contributed by atoms with Crippen LogP contribution in [0.25, 0.3) is 0 Å². The average molecular weight is 234 g/mol. The molecular weight excluding hydrogens is 226 g/mol. The molecule has 0 aromatic carbocycles. The van der Waals surface area contributed by atoms with E-state index in [0.717, 1.165) is 10.8 Å². The molecule has 0 saturated heterocycles. The van der Waals surface area contributed by atoms with E-state index in [-0.39, 0.29) is 0 Å². The van der Waals surface area contributed by atoms with Crippen molar-refractivity contribution in [3.05, 3.63) is 6.20 Å². The first-order chi connectivity index (χ1) is 5.29. The van der Waals surface area contributed by atoms with Crippen molar-refractivity contribution in [3.8, 4) is 0 Å². The molecule has 1 heterocycles. The molecule has 0 atom stereocenters. The Bertz CT molecular complexity index is 232. The summed E-state index contributed by atoms with van der Waals surface area (Å²) in [5.74, 6) is 1.10. The molecule has 1 aromatic heterocycles. The van der Waals surface area contributed by atoms with Gasteiger partial charge in [-0.15, -0.1) is 16.9 Å². The molecule has 0 bridgehead atoms. The number of aromatic nitrogens is 3. The molecule has 60 valence electrons. The van der Waals surface area contributed by atoms with Crippen LogP contribution in [0.5, 0.6) is 0 Å². The summed E-state index contributed by atoms with van der Waals surface area (Å²) in [6.45, 7) is 0. The molecule has 0 amide bonds. The Labute approximate surface area is 77.5 Å². The van der Waals surface area contributed by atoms with Crippen LogP contribution in [0.2, 0.25) is 0 Å². The monoisotopic (exact) mass is 233 g/mol. The van der Waals surface area contributed by atoms with E-state index in [4.69, 9.17) is 0 Å². The first kappa shape index (κ1) is 7.61. The lowest BCUT2D eigenvalue weighted by Crippen LogP contribution is -1.99. The molecule has 0 unspecified atom stereocenters. The number of nitrogens with one attached hydrogen (secondary N) is 1. The molecule has 1 aliphatic carbocycles. The molecule has 1 N–H and O–H groups in total. The summed E-state index contributed by atoms with van der Waals surface area (Å²) in [5, 5.41) is 11.3. The molecule has 0 aliphatic heterocycles. The number of alkyl halides is 1. The van der Waals surface area contributed by atoms with Gasteiger partial charge in [-0.05, 0) is 12.8 Å². The van der Waals surface area contributed by atoms with Gasteiger partial charge in [0.25, 0.3) is 0 Å². The van der Waals surface area contributed by atoms with Gasteiger partial charge in [-0.3, -0.25) is 0 Å². The lowest BCUT2D eigenvalue weighted by Gasteiger charge is -2.01. The van der Waals surface area contributed by atoms with Crippen LogP contribution in [-0.4, -0.2) is 25.5 Å². The summed E-state index contributed by atoms with van der Waals surface area (Å²) in [7, 11) is 0. The van der Waals surface area contributed by atoms with Crippen molar-refractivity contribution in [3.63, 3.8) is 0 Å². The van der Waals surface area contributed by atoms with Gasteiger partial charge in [-0.2, -0.15) is 10.3 Å². The van der Waals surface area contributed by atoms with Gasteiger partial charge in [0, 0.05) is 10.1 Å². The molecule has 0 spiro atoms. The lowest BCUT2D eigenvalue weighted by atomic mass is 10.5. The summed E-state index contributed by atoms with van der Waals surface area (Å²) in [6.07, 6.45) is 4.33. The van der Waals surface area contributed by atoms with Crippen LogP contribution in [0.1, 0.15) is 12.8 Å². The highest BCUT2D eigenvalue weighted by atomic mass is 79.9. The number of hydrogen-bond acceptors (Lipinski definition) is 3.